The first-order valence-corrected chi connectivity index (χ1v) is 6.24. The van der Waals surface area contributed by atoms with E-state index in [9.17, 15) is 4.79 Å². The first-order valence-electron chi connectivity index (χ1n) is 5.71. The Kier molecular flexibility index (Phi) is 3.52. The standard InChI is InChI=1S/C11H18ClNO2/c12-7-11(4-5-11)8-13-10(14)9-3-1-2-6-15-9/h9H,1-8H2,(H,13,14). The van der Waals surface area contributed by atoms with Gasteiger partial charge in [-0.2, -0.15) is 0 Å². The molecule has 2 rings (SSSR count). The second-order valence-electron chi connectivity index (χ2n) is 4.71. The molecule has 4 heteroatoms. The molecule has 1 atom stereocenters. The summed E-state index contributed by atoms with van der Waals surface area (Å²) in [6, 6.07) is 0. The summed E-state index contributed by atoms with van der Waals surface area (Å²) in [5, 5.41) is 2.96. The molecule has 1 heterocycles. The summed E-state index contributed by atoms with van der Waals surface area (Å²) in [5.41, 5.74) is 0.200. The second kappa shape index (κ2) is 4.71. The van der Waals surface area contributed by atoms with Crippen LogP contribution in [0.5, 0.6) is 0 Å². The monoisotopic (exact) mass is 231 g/mol. The molecular formula is C11H18ClNO2. The molecule has 2 aliphatic rings. The van der Waals surface area contributed by atoms with Gasteiger partial charge in [0.1, 0.15) is 6.10 Å². The number of carbonyl (C=O) groups is 1. The Hall–Kier alpha value is -0.280. The summed E-state index contributed by atoms with van der Waals surface area (Å²) in [4.78, 5) is 11.7. The molecule has 0 bridgehead atoms. The lowest BCUT2D eigenvalue weighted by molar-refractivity contribution is -0.135. The van der Waals surface area contributed by atoms with Crippen molar-refractivity contribution in [2.45, 2.75) is 38.2 Å². The van der Waals surface area contributed by atoms with E-state index in [1.807, 2.05) is 0 Å². The van der Waals surface area contributed by atoms with E-state index in [4.69, 9.17) is 16.3 Å². The number of amides is 1. The Bertz CT molecular complexity index is 235. The van der Waals surface area contributed by atoms with Gasteiger partial charge in [-0.15, -0.1) is 11.6 Å². The van der Waals surface area contributed by atoms with Gasteiger partial charge in [0.15, 0.2) is 0 Å². The van der Waals surface area contributed by atoms with Gasteiger partial charge < -0.3 is 10.1 Å². The molecule has 1 aliphatic heterocycles. The van der Waals surface area contributed by atoms with E-state index in [1.54, 1.807) is 0 Å². The largest absolute Gasteiger partial charge is 0.368 e. The molecule has 0 aromatic rings. The number of carbonyl (C=O) groups excluding carboxylic acids is 1. The van der Waals surface area contributed by atoms with E-state index >= 15 is 0 Å². The zero-order chi connectivity index (χ0) is 10.7. The highest BCUT2D eigenvalue weighted by molar-refractivity contribution is 6.18. The van der Waals surface area contributed by atoms with Crippen LogP contribution in [-0.2, 0) is 9.53 Å². The molecule has 0 radical (unpaired) electrons. The minimum Gasteiger partial charge on any atom is -0.368 e. The van der Waals surface area contributed by atoms with Gasteiger partial charge in [0, 0.05) is 24.4 Å². The van der Waals surface area contributed by atoms with Crippen LogP contribution in [0, 0.1) is 5.41 Å². The molecule has 1 saturated carbocycles. The van der Waals surface area contributed by atoms with Crippen molar-refractivity contribution in [1.82, 2.24) is 5.32 Å². The van der Waals surface area contributed by atoms with E-state index in [-0.39, 0.29) is 17.4 Å². The van der Waals surface area contributed by atoms with E-state index in [0.29, 0.717) is 5.88 Å². The van der Waals surface area contributed by atoms with Crippen LogP contribution < -0.4 is 5.32 Å². The predicted molar refractivity (Wildman–Crippen MR) is 59.0 cm³/mol. The molecular weight excluding hydrogens is 214 g/mol. The molecule has 3 nitrogen and oxygen atoms in total. The molecule has 0 spiro atoms. The maximum atomic E-state index is 11.7. The molecule has 1 aliphatic carbocycles. The van der Waals surface area contributed by atoms with Crippen LogP contribution in [-0.4, -0.2) is 31.0 Å². The maximum Gasteiger partial charge on any atom is 0.249 e. The Morgan fingerprint density at radius 1 is 1.47 bits per heavy atom. The van der Waals surface area contributed by atoms with Crippen molar-refractivity contribution in [2.75, 3.05) is 19.0 Å². The number of rotatable bonds is 4. The van der Waals surface area contributed by atoms with Gasteiger partial charge in [-0.25, -0.2) is 0 Å². The van der Waals surface area contributed by atoms with E-state index in [1.165, 1.54) is 0 Å². The topological polar surface area (TPSA) is 38.3 Å². The Morgan fingerprint density at radius 3 is 2.80 bits per heavy atom. The molecule has 86 valence electrons. The van der Waals surface area contributed by atoms with Crippen LogP contribution in [0.3, 0.4) is 0 Å². The van der Waals surface area contributed by atoms with Crippen molar-refractivity contribution in [2.24, 2.45) is 5.41 Å². The van der Waals surface area contributed by atoms with Gasteiger partial charge in [-0.1, -0.05) is 0 Å². The molecule has 15 heavy (non-hydrogen) atoms. The third-order valence-electron chi connectivity index (χ3n) is 3.35. The zero-order valence-electron chi connectivity index (χ0n) is 8.93. The van der Waals surface area contributed by atoms with Gasteiger partial charge in [-0.3, -0.25) is 4.79 Å². The first kappa shape index (κ1) is 11.2. The fourth-order valence-electron chi connectivity index (χ4n) is 1.87. The predicted octanol–water partition coefficient (Wildman–Crippen LogP) is 1.69. The summed E-state index contributed by atoms with van der Waals surface area (Å²) in [5.74, 6) is 0.699. The van der Waals surface area contributed by atoms with Crippen LogP contribution >= 0.6 is 11.6 Å². The summed E-state index contributed by atoms with van der Waals surface area (Å²) >= 11 is 5.84. The quantitative estimate of drug-likeness (QED) is 0.748. The Morgan fingerprint density at radius 2 is 2.27 bits per heavy atom. The van der Waals surface area contributed by atoms with Crippen molar-refractivity contribution >= 4 is 17.5 Å². The highest BCUT2D eigenvalue weighted by Gasteiger charge is 2.42. The van der Waals surface area contributed by atoms with Crippen molar-refractivity contribution in [3.05, 3.63) is 0 Å². The Labute approximate surface area is 95.5 Å². The molecule has 1 unspecified atom stereocenters. The van der Waals surface area contributed by atoms with Gasteiger partial charge in [0.25, 0.3) is 0 Å². The van der Waals surface area contributed by atoms with Crippen molar-refractivity contribution in [1.29, 1.82) is 0 Å². The lowest BCUT2D eigenvalue weighted by atomic mass is 10.1. The minimum atomic E-state index is -0.218. The number of hydrogen-bond acceptors (Lipinski definition) is 2. The van der Waals surface area contributed by atoms with Gasteiger partial charge in [-0.05, 0) is 32.1 Å². The molecule has 2 fully saturated rings. The SMILES string of the molecule is O=C(NCC1(CCl)CC1)C1CCCCO1. The maximum absolute atomic E-state index is 11.7. The highest BCUT2D eigenvalue weighted by Crippen LogP contribution is 2.45. The summed E-state index contributed by atoms with van der Waals surface area (Å²) in [7, 11) is 0. The van der Waals surface area contributed by atoms with Gasteiger partial charge in [0.05, 0.1) is 0 Å². The zero-order valence-corrected chi connectivity index (χ0v) is 9.68. The number of hydrogen-bond donors (Lipinski definition) is 1. The average molecular weight is 232 g/mol. The van der Waals surface area contributed by atoms with Crippen LogP contribution in [0.15, 0.2) is 0 Å². The summed E-state index contributed by atoms with van der Waals surface area (Å²) in [6.45, 7) is 1.44. The van der Waals surface area contributed by atoms with Crippen molar-refractivity contribution < 1.29 is 9.53 Å². The lowest BCUT2D eigenvalue weighted by Gasteiger charge is -2.22. The molecule has 0 aromatic heterocycles. The van der Waals surface area contributed by atoms with E-state index in [2.05, 4.69) is 5.32 Å². The number of nitrogens with one attached hydrogen (secondary N) is 1. The van der Waals surface area contributed by atoms with E-state index < -0.39 is 0 Å². The summed E-state index contributed by atoms with van der Waals surface area (Å²) < 4.78 is 5.41. The first-order chi connectivity index (χ1) is 7.26. The fourth-order valence-corrected chi connectivity index (χ4v) is 2.23. The number of ether oxygens (including phenoxy) is 1. The third kappa shape index (κ3) is 2.85. The van der Waals surface area contributed by atoms with E-state index in [0.717, 1.165) is 45.3 Å². The molecule has 1 amide bonds. The van der Waals surface area contributed by atoms with Crippen LogP contribution in [0.2, 0.25) is 0 Å². The average Bonchev–Trinajstić information content (AvgIpc) is 3.08. The number of halogens is 1. The van der Waals surface area contributed by atoms with Crippen LogP contribution in [0.1, 0.15) is 32.1 Å². The fraction of sp³-hybridized carbons (Fsp3) is 0.909. The highest BCUT2D eigenvalue weighted by atomic mass is 35.5. The van der Waals surface area contributed by atoms with Crippen molar-refractivity contribution in [3.63, 3.8) is 0 Å². The molecule has 0 aromatic carbocycles. The Balaban J connectivity index is 1.72. The van der Waals surface area contributed by atoms with Crippen LogP contribution in [0.25, 0.3) is 0 Å². The van der Waals surface area contributed by atoms with Crippen LogP contribution in [0.4, 0.5) is 0 Å². The second-order valence-corrected chi connectivity index (χ2v) is 4.97. The summed E-state index contributed by atoms with van der Waals surface area (Å²) in [6.07, 6.45) is 5.10. The molecule has 1 N–H and O–H groups in total. The molecule has 1 saturated heterocycles. The van der Waals surface area contributed by atoms with Gasteiger partial charge in [0.2, 0.25) is 5.91 Å². The lowest BCUT2D eigenvalue weighted by Crippen LogP contribution is -2.41. The van der Waals surface area contributed by atoms with Gasteiger partial charge >= 0.3 is 0 Å². The van der Waals surface area contributed by atoms with Crippen molar-refractivity contribution in [3.8, 4) is 0 Å². The minimum absolute atomic E-state index is 0.0473. The number of alkyl halides is 1. The smallest absolute Gasteiger partial charge is 0.249 e. The third-order valence-corrected chi connectivity index (χ3v) is 3.92. The normalized spacial score (nSPS) is 28.5.